The first-order valence-electron chi connectivity index (χ1n) is 9.15. The summed E-state index contributed by atoms with van der Waals surface area (Å²) in [6.45, 7) is 5.79. The molecule has 0 radical (unpaired) electrons. The van der Waals surface area contributed by atoms with Gasteiger partial charge in [0.25, 0.3) is 5.91 Å². The lowest BCUT2D eigenvalue weighted by molar-refractivity contribution is 0.0985. The van der Waals surface area contributed by atoms with Gasteiger partial charge in [-0.05, 0) is 69.9 Å². The average Bonchev–Trinajstić information content (AvgIpc) is 3.06. The normalized spacial score (nSPS) is 11.2. The first kappa shape index (κ1) is 20.6. The Morgan fingerprint density at radius 3 is 2.54 bits per heavy atom. The molecule has 3 rings (SSSR count). The summed E-state index contributed by atoms with van der Waals surface area (Å²) in [5, 5.41) is 1.36. The van der Waals surface area contributed by atoms with Crippen LogP contribution in [0.4, 0.5) is 5.13 Å². The van der Waals surface area contributed by atoms with E-state index in [1.165, 1.54) is 11.3 Å². The molecule has 0 saturated carbocycles. The minimum Gasteiger partial charge on any atom is -0.494 e. The van der Waals surface area contributed by atoms with Gasteiger partial charge < -0.3 is 9.64 Å². The van der Waals surface area contributed by atoms with Gasteiger partial charge >= 0.3 is 0 Å². The molecule has 0 bridgehead atoms. The molecular formula is C21H24ClN3O2S. The molecule has 28 heavy (non-hydrogen) atoms. The maximum atomic E-state index is 13.3. The van der Waals surface area contributed by atoms with Crippen molar-refractivity contribution in [2.75, 3.05) is 38.7 Å². The van der Waals surface area contributed by atoms with Gasteiger partial charge in [0, 0.05) is 23.7 Å². The van der Waals surface area contributed by atoms with E-state index in [0.717, 1.165) is 28.1 Å². The highest BCUT2D eigenvalue weighted by Gasteiger charge is 2.22. The van der Waals surface area contributed by atoms with Crippen molar-refractivity contribution in [1.29, 1.82) is 0 Å². The molecule has 0 aliphatic carbocycles. The highest BCUT2D eigenvalue weighted by molar-refractivity contribution is 7.22. The molecule has 0 saturated heterocycles. The number of fused-ring (bicyclic) bond motifs is 1. The minimum absolute atomic E-state index is 0.0762. The zero-order chi connectivity index (χ0) is 20.3. The van der Waals surface area contributed by atoms with Crippen molar-refractivity contribution in [1.82, 2.24) is 9.88 Å². The summed E-state index contributed by atoms with van der Waals surface area (Å²) in [6, 6.07) is 11.0. The number of aryl methyl sites for hydroxylation is 1. The van der Waals surface area contributed by atoms with Gasteiger partial charge in [-0.2, -0.15) is 0 Å². The smallest absolute Gasteiger partial charge is 0.260 e. The monoisotopic (exact) mass is 417 g/mol. The molecule has 1 heterocycles. The number of likely N-dealkylation sites (N-methyl/N-ethyl adjacent to an activating group) is 1. The first-order valence-corrected chi connectivity index (χ1v) is 10.3. The fourth-order valence-electron chi connectivity index (χ4n) is 2.86. The Bertz CT molecular complexity index is 970. The van der Waals surface area contributed by atoms with E-state index >= 15 is 0 Å². The quantitative estimate of drug-likeness (QED) is 0.550. The van der Waals surface area contributed by atoms with Crippen LogP contribution in [0.5, 0.6) is 5.75 Å². The summed E-state index contributed by atoms with van der Waals surface area (Å²) < 4.78 is 6.46. The Kier molecular flexibility index (Phi) is 6.54. The number of nitrogens with zero attached hydrogens (tertiary/aromatic N) is 3. The van der Waals surface area contributed by atoms with Crippen LogP contribution in [-0.2, 0) is 0 Å². The molecule has 0 N–H and O–H groups in total. The zero-order valence-corrected chi connectivity index (χ0v) is 18.1. The second-order valence-electron chi connectivity index (χ2n) is 6.78. The summed E-state index contributed by atoms with van der Waals surface area (Å²) in [5.41, 5.74) is 2.50. The van der Waals surface area contributed by atoms with E-state index in [1.807, 2.05) is 57.1 Å². The number of amides is 1. The number of carbonyl (C=O) groups excluding carboxylic acids is 1. The van der Waals surface area contributed by atoms with Gasteiger partial charge in [0.1, 0.15) is 5.75 Å². The van der Waals surface area contributed by atoms with Crippen LogP contribution in [0.3, 0.4) is 0 Å². The molecule has 3 aromatic rings. The molecule has 5 nitrogen and oxygen atoms in total. The lowest BCUT2D eigenvalue weighted by Crippen LogP contribution is -2.36. The van der Waals surface area contributed by atoms with Gasteiger partial charge in [-0.15, -0.1) is 0 Å². The van der Waals surface area contributed by atoms with Gasteiger partial charge in [0.15, 0.2) is 5.13 Å². The molecule has 0 spiro atoms. The van der Waals surface area contributed by atoms with Crippen LogP contribution in [0.25, 0.3) is 10.2 Å². The topological polar surface area (TPSA) is 45.7 Å². The maximum Gasteiger partial charge on any atom is 0.260 e. The Morgan fingerprint density at radius 2 is 1.89 bits per heavy atom. The molecule has 2 aromatic carbocycles. The third-order valence-electron chi connectivity index (χ3n) is 4.30. The van der Waals surface area contributed by atoms with Crippen molar-refractivity contribution in [2.24, 2.45) is 0 Å². The number of ether oxygens (including phenoxy) is 1. The largest absolute Gasteiger partial charge is 0.494 e. The van der Waals surface area contributed by atoms with Crippen molar-refractivity contribution < 1.29 is 9.53 Å². The van der Waals surface area contributed by atoms with Gasteiger partial charge in [-0.3, -0.25) is 9.69 Å². The van der Waals surface area contributed by atoms with Crippen LogP contribution in [0.2, 0.25) is 5.02 Å². The number of hydrogen-bond acceptors (Lipinski definition) is 5. The van der Waals surface area contributed by atoms with Crippen molar-refractivity contribution in [3.05, 3.63) is 52.5 Å². The number of carbonyl (C=O) groups is 1. The summed E-state index contributed by atoms with van der Waals surface area (Å²) in [5.74, 6) is 0.678. The van der Waals surface area contributed by atoms with E-state index < -0.39 is 0 Å². The lowest BCUT2D eigenvalue weighted by atomic mass is 10.2. The Hall–Kier alpha value is -2.15. The third-order valence-corrected chi connectivity index (χ3v) is 5.54. The van der Waals surface area contributed by atoms with E-state index in [4.69, 9.17) is 21.3 Å². The summed E-state index contributed by atoms with van der Waals surface area (Å²) in [7, 11) is 3.98. The van der Waals surface area contributed by atoms with E-state index in [9.17, 15) is 4.79 Å². The number of halogens is 1. The van der Waals surface area contributed by atoms with Crippen LogP contribution < -0.4 is 9.64 Å². The van der Waals surface area contributed by atoms with Crippen molar-refractivity contribution in [2.45, 2.75) is 13.8 Å². The molecule has 1 aromatic heterocycles. The minimum atomic E-state index is -0.0762. The number of aromatic nitrogens is 1. The molecule has 0 fully saturated rings. The van der Waals surface area contributed by atoms with E-state index in [1.54, 1.807) is 17.0 Å². The van der Waals surface area contributed by atoms with Gasteiger partial charge in [-0.25, -0.2) is 4.98 Å². The number of anilines is 1. The van der Waals surface area contributed by atoms with Crippen LogP contribution in [0.1, 0.15) is 22.8 Å². The standard InChI is InChI=1S/C21H24ClN3O2S/c1-5-27-17-8-6-15(7-9-17)20(26)25(11-10-24(3)4)21-23-19-14(2)12-16(22)13-18(19)28-21/h6-9,12-13H,5,10-11H2,1-4H3. The Balaban J connectivity index is 1.96. The molecule has 0 unspecified atom stereocenters. The van der Waals surface area contributed by atoms with Gasteiger partial charge in [-0.1, -0.05) is 22.9 Å². The van der Waals surface area contributed by atoms with E-state index in [2.05, 4.69) is 0 Å². The van der Waals surface area contributed by atoms with Crippen molar-refractivity contribution in [3.8, 4) is 5.75 Å². The second kappa shape index (κ2) is 8.90. The summed E-state index contributed by atoms with van der Waals surface area (Å²) in [6.07, 6.45) is 0. The SMILES string of the molecule is CCOc1ccc(C(=O)N(CCN(C)C)c2nc3c(C)cc(Cl)cc3s2)cc1. The van der Waals surface area contributed by atoms with Crippen LogP contribution in [0.15, 0.2) is 36.4 Å². The average molecular weight is 418 g/mol. The highest BCUT2D eigenvalue weighted by atomic mass is 35.5. The molecule has 7 heteroatoms. The highest BCUT2D eigenvalue weighted by Crippen LogP contribution is 2.33. The zero-order valence-electron chi connectivity index (χ0n) is 16.5. The molecule has 148 valence electrons. The Morgan fingerprint density at radius 1 is 1.18 bits per heavy atom. The molecule has 0 aliphatic heterocycles. The molecule has 0 atom stereocenters. The van der Waals surface area contributed by atoms with Crippen LogP contribution in [0, 0.1) is 6.92 Å². The summed E-state index contributed by atoms with van der Waals surface area (Å²) in [4.78, 5) is 21.8. The first-order chi connectivity index (χ1) is 13.4. The fourth-order valence-corrected chi connectivity index (χ4v) is 4.30. The van der Waals surface area contributed by atoms with Crippen molar-refractivity contribution >= 4 is 44.2 Å². The Labute approximate surface area is 174 Å². The maximum absolute atomic E-state index is 13.3. The molecular weight excluding hydrogens is 394 g/mol. The number of hydrogen-bond donors (Lipinski definition) is 0. The van der Waals surface area contributed by atoms with E-state index in [-0.39, 0.29) is 5.91 Å². The lowest BCUT2D eigenvalue weighted by Gasteiger charge is -2.22. The predicted molar refractivity (Wildman–Crippen MR) is 117 cm³/mol. The summed E-state index contributed by atoms with van der Waals surface area (Å²) >= 11 is 7.68. The fraction of sp³-hybridized carbons (Fsp3) is 0.333. The number of rotatable bonds is 7. The molecule has 1 amide bonds. The third kappa shape index (κ3) is 4.63. The van der Waals surface area contributed by atoms with Crippen molar-refractivity contribution in [3.63, 3.8) is 0 Å². The molecule has 0 aliphatic rings. The number of thiazole rings is 1. The van der Waals surface area contributed by atoms with E-state index in [0.29, 0.717) is 28.9 Å². The number of benzene rings is 2. The van der Waals surface area contributed by atoms with Crippen LogP contribution >= 0.6 is 22.9 Å². The second-order valence-corrected chi connectivity index (χ2v) is 8.23. The van der Waals surface area contributed by atoms with Gasteiger partial charge in [0.2, 0.25) is 0 Å². The predicted octanol–water partition coefficient (Wildman–Crippen LogP) is 4.87. The van der Waals surface area contributed by atoms with Crippen LogP contribution in [-0.4, -0.2) is 49.6 Å². The van der Waals surface area contributed by atoms with Gasteiger partial charge in [0.05, 0.1) is 16.8 Å².